The second kappa shape index (κ2) is 11.6. The normalized spacial score (nSPS) is 14.8. The van der Waals surface area contributed by atoms with Gasteiger partial charge in [-0.05, 0) is 72.5 Å². The third kappa shape index (κ3) is 5.78. The van der Waals surface area contributed by atoms with Gasteiger partial charge >= 0.3 is 0 Å². The van der Waals surface area contributed by atoms with E-state index in [0.29, 0.717) is 34.3 Å². The van der Waals surface area contributed by atoms with Gasteiger partial charge in [0.1, 0.15) is 17.2 Å². The number of rotatable bonds is 8. The number of carbonyl (C=O) groups excluding carboxylic acids is 2. The molecule has 5 rings (SSSR count). The zero-order valence-electron chi connectivity index (χ0n) is 23.1. The maximum atomic E-state index is 13.5. The Balaban J connectivity index is 1.44. The number of amides is 2. The van der Waals surface area contributed by atoms with Crippen molar-refractivity contribution in [2.75, 3.05) is 39.9 Å². The van der Waals surface area contributed by atoms with Gasteiger partial charge in [-0.2, -0.15) is 0 Å². The van der Waals surface area contributed by atoms with Gasteiger partial charge in [0, 0.05) is 50.1 Å². The Morgan fingerprint density at radius 3 is 2.48 bits per heavy atom. The van der Waals surface area contributed by atoms with Crippen LogP contribution in [0, 0.1) is 12.7 Å². The van der Waals surface area contributed by atoms with Crippen LogP contribution in [-0.2, 0) is 11.2 Å². The molecule has 7 nitrogen and oxygen atoms in total. The van der Waals surface area contributed by atoms with E-state index in [1.165, 1.54) is 12.1 Å². The van der Waals surface area contributed by atoms with Crippen molar-refractivity contribution in [3.8, 4) is 11.1 Å². The van der Waals surface area contributed by atoms with Crippen molar-refractivity contribution in [3.63, 3.8) is 0 Å². The molecule has 1 aliphatic heterocycles. The average Bonchev–Trinajstić information content (AvgIpc) is 3.31. The van der Waals surface area contributed by atoms with E-state index in [9.17, 15) is 14.0 Å². The molecule has 0 spiro atoms. The highest BCUT2D eigenvalue weighted by molar-refractivity contribution is 6.07. The SMILES string of the molecule is Cc1ccc(C(=O)N(C)C(C)CN2CCOCC2)cc1-c1ccc2oc(Cc3ccc(F)cc3)c(C(N)=O)c2c1. The molecule has 4 aromatic rings. The molecule has 2 heterocycles. The highest BCUT2D eigenvalue weighted by Crippen LogP contribution is 2.33. The number of hydrogen-bond acceptors (Lipinski definition) is 5. The van der Waals surface area contributed by atoms with Crippen LogP contribution in [0.5, 0.6) is 0 Å². The van der Waals surface area contributed by atoms with Crippen LogP contribution in [0.3, 0.4) is 0 Å². The third-order valence-electron chi connectivity index (χ3n) is 7.69. The van der Waals surface area contributed by atoms with E-state index in [1.54, 1.807) is 17.0 Å². The summed E-state index contributed by atoms with van der Waals surface area (Å²) in [4.78, 5) is 30.1. The van der Waals surface area contributed by atoms with Crippen molar-refractivity contribution < 1.29 is 23.1 Å². The molecule has 1 aliphatic rings. The van der Waals surface area contributed by atoms with Gasteiger partial charge in [0.2, 0.25) is 0 Å². The lowest BCUT2D eigenvalue weighted by Crippen LogP contribution is -2.46. The number of carbonyl (C=O) groups is 2. The molecule has 8 heteroatoms. The van der Waals surface area contributed by atoms with Crippen LogP contribution in [0.25, 0.3) is 22.1 Å². The number of hydrogen-bond donors (Lipinski definition) is 1. The predicted octanol–water partition coefficient (Wildman–Crippen LogP) is 5.03. The van der Waals surface area contributed by atoms with Crippen molar-refractivity contribution in [2.45, 2.75) is 26.3 Å². The van der Waals surface area contributed by atoms with Crippen molar-refractivity contribution in [1.29, 1.82) is 0 Å². The minimum absolute atomic E-state index is 0.0373. The molecule has 1 saturated heterocycles. The van der Waals surface area contributed by atoms with E-state index in [-0.39, 0.29) is 17.8 Å². The number of nitrogens with two attached hydrogens (primary N) is 1. The molecule has 1 unspecified atom stereocenters. The molecule has 40 heavy (non-hydrogen) atoms. The van der Waals surface area contributed by atoms with Crippen LogP contribution in [0.1, 0.15) is 44.5 Å². The average molecular weight is 544 g/mol. The lowest BCUT2D eigenvalue weighted by atomic mass is 9.95. The first-order chi connectivity index (χ1) is 19.2. The van der Waals surface area contributed by atoms with Crippen LogP contribution in [-0.4, -0.2) is 67.6 Å². The highest BCUT2D eigenvalue weighted by Gasteiger charge is 2.23. The van der Waals surface area contributed by atoms with E-state index < -0.39 is 5.91 Å². The Hall–Kier alpha value is -4.01. The first kappa shape index (κ1) is 27.6. The summed E-state index contributed by atoms with van der Waals surface area (Å²) in [5.41, 5.74) is 10.8. The molecule has 1 fully saturated rings. The molecule has 0 saturated carbocycles. The molecule has 0 radical (unpaired) electrons. The fraction of sp³-hybridized carbons (Fsp3) is 0.312. The standard InChI is InChI=1S/C32H34FN3O4/c1-20-4-7-24(32(38)35(3)21(2)19-36-12-14-39-15-13-36)18-26(20)23-8-11-28-27(17-23)30(31(34)37)29(40-28)16-22-5-9-25(33)10-6-22/h4-11,17-18,21H,12-16,19H2,1-3H3,(H2,34,37). The van der Waals surface area contributed by atoms with Crippen molar-refractivity contribution >= 4 is 22.8 Å². The molecule has 2 N–H and O–H groups in total. The first-order valence-corrected chi connectivity index (χ1v) is 13.5. The van der Waals surface area contributed by atoms with E-state index in [2.05, 4.69) is 11.8 Å². The second-order valence-corrected chi connectivity index (χ2v) is 10.5. The van der Waals surface area contributed by atoms with Gasteiger partial charge in [0.05, 0.1) is 18.8 Å². The number of likely N-dealkylation sites (N-methyl/N-ethyl adjacent to an activating group) is 1. The van der Waals surface area contributed by atoms with Crippen molar-refractivity contribution in [1.82, 2.24) is 9.80 Å². The quantitative estimate of drug-likeness (QED) is 0.337. The number of fused-ring (bicyclic) bond motifs is 1. The number of aryl methyl sites for hydroxylation is 1. The summed E-state index contributed by atoms with van der Waals surface area (Å²) in [6.45, 7) is 8.02. The van der Waals surface area contributed by atoms with Gasteiger partial charge in [-0.1, -0.05) is 24.3 Å². The molecule has 1 aromatic heterocycles. The lowest BCUT2D eigenvalue weighted by molar-refractivity contribution is 0.0261. The summed E-state index contributed by atoms with van der Waals surface area (Å²) in [5, 5.41) is 0.606. The number of morpholine rings is 1. The zero-order valence-corrected chi connectivity index (χ0v) is 23.1. The van der Waals surface area contributed by atoms with Crippen LogP contribution >= 0.6 is 0 Å². The number of ether oxygens (including phenoxy) is 1. The van der Waals surface area contributed by atoms with Crippen LogP contribution in [0.4, 0.5) is 4.39 Å². The summed E-state index contributed by atoms with van der Waals surface area (Å²) < 4.78 is 24.8. The number of benzene rings is 3. The molecule has 2 amide bonds. The van der Waals surface area contributed by atoms with E-state index in [1.807, 2.05) is 50.4 Å². The highest BCUT2D eigenvalue weighted by atomic mass is 19.1. The van der Waals surface area contributed by atoms with E-state index >= 15 is 0 Å². The Kier molecular flexibility index (Phi) is 8.00. The van der Waals surface area contributed by atoms with E-state index in [4.69, 9.17) is 14.9 Å². The summed E-state index contributed by atoms with van der Waals surface area (Å²) in [6.07, 6.45) is 0.306. The smallest absolute Gasteiger partial charge is 0.253 e. The summed E-state index contributed by atoms with van der Waals surface area (Å²) >= 11 is 0. The molecule has 3 aromatic carbocycles. The Morgan fingerprint density at radius 1 is 1.05 bits per heavy atom. The Labute approximate surface area is 233 Å². The predicted molar refractivity (Wildman–Crippen MR) is 153 cm³/mol. The van der Waals surface area contributed by atoms with Gasteiger partial charge in [-0.3, -0.25) is 14.5 Å². The Morgan fingerprint density at radius 2 is 1.77 bits per heavy atom. The van der Waals surface area contributed by atoms with Crippen LogP contribution in [0.15, 0.2) is 65.1 Å². The molecular weight excluding hydrogens is 509 g/mol. The first-order valence-electron chi connectivity index (χ1n) is 13.5. The largest absolute Gasteiger partial charge is 0.460 e. The molecule has 0 aliphatic carbocycles. The number of halogens is 1. The lowest BCUT2D eigenvalue weighted by Gasteiger charge is -2.33. The van der Waals surface area contributed by atoms with Crippen LogP contribution < -0.4 is 5.73 Å². The van der Waals surface area contributed by atoms with Gasteiger partial charge < -0.3 is 19.8 Å². The van der Waals surface area contributed by atoms with Crippen molar-refractivity contribution in [3.05, 3.63) is 94.5 Å². The number of nitrogens with zero attached hydrogens (tertiary/aromatic N) is 2. The maximum absolute atomic E-state index is 13.5. The number of primary amides is 1. The molecule has 1 atom stereocenters. The van der Waals surface area contributed by atoms with Crippen molar-refractivity contribution in [2.24, 2.45) is 5.73 Å². The topological polar surface area (TPSA) is 89.0 Å². The number of furan rings is 1. The van der Waals surface area contributed by atoms with Gasteiger partial charge in [0.25, 0.3) is 11.8 Å². The third-order valence-corrected chi connectivity index (χ3v) is 7.69. The van der Waals surface area contributed by atoms with Gasteiger partial charge in [-0.25, -0.2) is 4.39 Å². The molecule has 0 bridgehead atoms. The summed E-state index contributed by atoms with van der Waals surface area (Å²) in [5.74, 6) is -0.542. The van der Waals surface area contributed by atoms with Crippen LogP contribution in [0.2, 0.25) is 0 Å². The summed E-state index contributed by atoms with van der Waals surface area (Å²) in [7, 11) is 1.84. The molecule has 208 valence electrons. The monoisotopic (exact) mass is 543 g/mol. The second-order valence-electron chi connectivity index (χ2n) is 10.5. The zero-order chi connectivity index (χ0) is 28.4. The fourth-order valence-electron chi connectivity index (χ4n) is 5.25. The van der Waals surface area contributed by atoms with Gasteiger partial charge in [-0.15, -0.1) is 0 Å². The van der Waals surface area contributed by atoms with E-state index in [0.717, 1.165) is 55.1 Å². The maximum Gasteiger partial charge on any atom is 0.253 e. The Bertz CT molecular complexity index is 1540. The minimum Gasteiger partial charge on any atom is -0.460 e. The molecular formula is C32H34FN3O4. The minimum atomic E-state index is -0.593. The van der Waals surface area contributed by atoms with Gasteiger partial charge in [0.15, 0.2) is 0 Å². The summed E-state index contributed by atoms with van der Waals surface area (Å²) in [6, 6.07) is 17.4. The fourth-order valence-corrected chi connectivity index (χ4v) is 5.25.